The minimum absolute atomic E-state index is 0.152. The first-order valence-electron chi connectivity index (χ1n) is 9.07. The third-order valence-corrected chi connectivity index (χ3v) is 4.35. The molecule has 3 rings (SSSR count). The van der Waals surface area contributed by atoms with Crippen molar-refractivity contribution < 1.29 is 18.8 Å². The molecule has 0 radical (unpaired) electrons. The number of methoxy groups -OCH3 is 2. The van der Waals surface area contributed by atoms with Crippen molar-refractivity contribution in [2.24, 2.45) is 0 Å². The monoisotopic (exact) mass is 393 g/mol. The van der Waals surface area contributed by atoms with Crippen molar-refractivity contribution in [2.45, 2.75) is 13.5 Å². The Morgan fingerprint density at radius 1 is 1.21 bits per heavy atom. The fourth-order valence-corrected chi connectivity index (χ4v) is 2.90. The zero-order valence-electron chi connectivity index (χ0n) is 16.7. The minimum atomic E-state index is -0.236. The Balaban J connectivity index is 1.84. The van der Waals surface area contributed by atoms with Crippen LogP contribution in [0.3, 0.4) is 0 Å². The number of aromatic nitrogens is 2. The van der Waals surface area contributed by atoms with Gasteiger partial charge in [0.25, 0.3) is 5.91 Å². The van der Waals surface area contributed by atoms with Crippen LogP contribution in [0.1, 0.15) is 21.8 Å². The molecule has 1 heterocycles. The minimum Gasteiger partial charge on any atom is -0.497 e. The molecule has 7 heteroatoms. The highest BCUT2D eigenvalue weighted by molar-refractivity contribution is 5.97. The predicted octanol–water partition coefficient (Wildman–Crippen LogP) is 3.89. The summed E-state index contributed by atoms with van der Waals surface area (Å²) < 4.78 is 15.9. The lowest BCUT2D eigenvalue weighted by Crippen LogP contribution is -2.31. The molecule has 0 saturated carbocycles. The lowest BCUT2D eigenvalue weighted by Gasteiger charge is -2.20. The van der Waals surface area contributed by atoms with Crippen LogP contribution in [-0.2, 0) is 6.54 Å². The van der Waals surface area contributed by atoms with E-state index in [0.29, 0.717) is 35.3 Å². The van der Waals surface area contributed by atoms with Gasteiger partial charge in [-0.05, 0) is 25.1 Å². The molecule has 29 heavy (non-hydrogen) atoms. The van der Waals surface area contributed by atoms with Crippen LogP contribution in [0, 0.1) is 6.92 Å². The van der Waals surface area contributed by atoms with E-state index in [2.05, 4.69) is 16.7 Å². The first-order valence-corrected chi connectivity index (χ1v) is 9.07. The fourth-order valence-electron chi connectivity index (χ4n) is 2.90. The fraction of sp³-hybridized carbons (Fsp3) is 0.227. The first-order chi connectivity index (χ1) is 14.0. The van der Waals surface area contributed by atoms with Gasteiger partial charge in [-0.2, -0.15) is 4.98 Å². The number of amides is 1. The van der Waals surface area contributed by atoms with Gasteiger partial charge >= 0.3 is 0 Å². The molecule has 0 unspecified atom stereocenters. The van der Waals surface area contributed by atoms with Crippen molar-refractivity contribution in [3.05, 3.63) is 72.1 Å². The smallest absolute Gasteiger partial charge is 0.258 e. The molecule has 0 fully saturated rings. The number of hydrogen-bond acceptors (Lipinski definition) is 6. The number of nitrogens with zero attached hydrogens (tertiary/aromatic N) is 3. The van der Waals surface area contributed by atoms with E-state index in [1.807, 2.05) is 31.2 Å². The molecule has 0 atom stereocenters. The number of rotatable bonds is 8. The van der Waals surface area contributed by atoms with Crippen LogP contribution in [0.5, 0.6) is 11.5 Å². The SMILES string of the molecule is C=CCN(Cc1nc(-c2cccc(C)c2)no1)C(=O)c1ccc(OC)cc1OC. The van der Waals surface area contributed by atoms with Crippen molar-refractivity contribution in [1.82, 2.24) is 15.0 Å². The van der Waals surface area contributed by atoms with Crippen LogP contribution in [0.2, 0.25) is 0 Å². The molecule has 2 aromatic carbocycles. The van der Waals surface area contributed by atoms with Crippen molar-refractivity contribution in [2.75, 3.05) is 20.8 Å². The van der Waals surface area contributed by atoms with Gasteiger partial charge in [0.2, 0.25) is 11.7 Å². The molecule has 1 amide bonds. The van der Waals surface area contributed by atoms with Crippen LogP contribution in [-0.4, -0.2) is 41.7 Å². The highest BCUT2D eigenvalue weighted by Crippen LogP contribution is 2.26. The van der Waals surface area contributed by atoms with E-state index in [4.69, 9.17) is 14.0 Å². The molecule has 3 aromatic rings. The quantitative estimate of drug-likeness (QED) is 0.540. The van der Waals surface area contributed by atoms with Gasteiger partial charge < -0.3 is 18.9 Å². The van der Waals surface area contributed by atoms with Gasteiger partial charge in [0.05, 0.1) is 19.8 Å². The molecule has 0 saturated heterocycles. The van der Waals surface area contributed by atoms with Crippen LogP contribution in [0.4, 0.5) is 0 Å². The largest absolute Gasteiger partial charge is 0.497 e. The molecule has 150 valence electrons. The van der Waals surface area contributed by atoms with Gasteiger partial charge in [-0.25, -0.2) is 0 Å². The summed E-state index contributed by atoms with van der Waals surface area (Å²) in [6.07, 6.45) is 1.64. The third kappa shape index (κ3) is 4.63. The zero-order chi connectivity index (χ0) is 20.8. The van der Waals surface area contributed by atoms with Crippen molar-refractivity contribution in [3.63, 3.8) is 0 Å². The molecule has 0 aliphatic carbocycles. The van der Waals surface area contributed by atoms with Crippen LogP contribution in [0.15, 0.2) is 59.6 Å². The maximum atomic E-state index is 13.1. The Bertz CT molecular complexity index is 1010. The van der Waals surface area contributed by atoms with E-state index in [9.17, 15) is 4.79 Å². The van der Waals surface area contributed by atoms with E-state index >= 15 is 0 Å². The maximum absolute atomic E-state index is 13.1. The van der Waals surface area contributed by atoms with Gasteiger partial charge in [-0.1, -0.05) is 35.0 Å². The van der Waals surface area contributed by atoms with Crippen LogP contribution in [0.25, 0.3) is 11.4 Å². The number of aryl methyl sites for hydroxylation is 1. The average molecular weight is 393 g/mol. The van der Waals surface area contributed by atoms with Gasteiger partial charge in [-0.15, -0.1) is 6.58 Å². The maximum Gasteiger partial charge on any atom is 0.258 e. The van der Waals surface area contributed by atoms with Gasteiger partial charge in [0.1, 0.15) is 18.0 Å². The molecule has 0 spiro atoms. The van der Waals surface area contributed by atoms with E-state index in [-0.39, 0.29) is 12.5 Å². The highest BCUT2D eigenvalue weighted by atomic mass is 16.5. The summed E-state index contributed by atoms with van der Waals surface area (Å²) in [5, 5.41) is 4.04. The molecule has 0 bridgehead atoms. The van der Waals surface area contributed by atoms with Gasteiger partial charge in [0, 0.05) is 18.2 Å². The molecule has 0 aliphatic rings. The van der Waals surface area contributed by atoms with Gasteiger partial charge in [0.15, 0.2) is 0 Å². The summed E-state index contributed by atoms with van der Waals surface area (Å²) in [5.74, 6) is 1.61. The topological polar surface area (TPSA) is 77.7 Å². The van der Waals surface area contributed by atoms with E-state index < -0.39 is 0 Å². The van der Waals surface area contributed by atoms with E-state index in [1.54, 1.807) is 36.3 Å². The lowest BCUT2D eigenvalue weighted by atomic mass is 10.1. The Labute approximate surface area is 169 Å². The Kier molecular flexibility index (Phi) is 6.29. The second-order valence-electron chi connectivity index (χ2n) is 6.42. The standard InChI is InChI=1S/C22H23N3O4/c1-5-11-25(22(26)18-10-9-17(27-3)13-19(18)28-4)14-20-23-21(24-29-20)16-8-6-7-15(2)12-16/h5-10,12-13H,1,11,14H2,2-4H3. The van der Waals surface area contributed by atoms with Crippen LogP contribution >= 0.6 is 0 Å². The summed E-state index contributed by atoms with van der Waals surface area (Å²) in [4.78, 5) is 19.1. The van der Waals surface area contributed by atoms with E-state index in [0.717, 1.165) is 11.1 Å². The number of carbonyl (C=O) groups is 1. The molecule has 1 aromatic heterocycles. The second kappa shape index (κ2) is 9.05. The summed E-state index contributed by atoms with van der Waals surface area (Å²) in [7, 11) is 3.07. The lowest BCUT2D eigenvalue weighted by molar-refractivity contribution is 0.0742. The first kappa shape index (κ1) is 20.1. The van der Waals surface area contributed by atoms with Gasteiger partial charge in [-0.3, -0.25) is 4.79 Å². The summed E-state index contributed by atoms with van der Waals surface area (Å²) in [5.41, 5.74) is 2.37. The average Bonchev–Trinajstić information content (AvgIpc) is 3.21. The third-order valence-electron chi connectivity index (χ3n) is 4.35. The molecular weight excluding hydrogens is 370 g/mol. The number of benzene rings is 2. The number of ether oxygens (including phenoxy) is 2. The molecule has 0 aliphatic heterocycles. The summed E-state index contributed by atoms with van der Waals surface area (Å²) in [6, 6.07) is 12.9. The van der Waals surface area contributed by atoms with Crippen molar-refractivity contribution in [3.8, 4) is 22.9 Å². The summed E-state index contributed by atoms with van der Waals surface area (Å²) >= 11 is 0. The van der Waals surface area contributed by atoms with Crippen LogP contribution < -0.4 is 9.47 Å². The molecule has 0 N–H and O–H groups in total. The normalized spacial score (nSPS) is 10.4. The Hall–Kier alpha value is -3.61. The Morgan fingerprint density at radius 3 is 2.72 bits per heavy atom. The predicted molar refractivity (Wildman–Crippen MR) is 109 cm³/mol. The second-order valence-corrected chi connectivity index (χ2v) is 6.42. The zero-order valence-corrected chi connectivity index (χ0v) is 16.7. The molecule has 7 nitrogen and oxygen atoms in total. The highest BCUT2D eigenvalue weighted by Gasteiger charge is 2.22. The van der Waals surface area contributed by atoms with Crippen molar-refractivity contribution in [1.29, 1.82) is 0 Å². The van der Waals surface area contributed by atoms with E-state index in [1.165, 1.54) is 7.11 Å². The molecular formula is C22H23N3O4. The number of hydrogen-bond donors (Lipinski definition) is 0. The Morgan fingerprint density at radius 2 is 2.03 bits per heavy atom. The van der Waals surface area contributed by atoms with Crippen molar-refractivity contribution >= 4 is 5.91 Å². The number of carbonyl (C=O) groups excluding carboxylic acids is 1. The summed E-state index contributed by atoms with van der Waals surface area (Å²) in [6.45, 7) is 6.20.